The van der Waals surface area contributed by atoms with Crippen LogP contribution in [0.2, 0.25) is 0 Å². The maximum absolute atomic E-state index is 13.0. The average Bonchev–Trinajstić information content (AvgIpc) is 2.48. The van der Waals surface area contributed by atoms with Gasteiger partial charge in [0.1, 0.15) is 17.2 Å². The lowest BCUT2D eigenvalue weighted by atomic mass is 10.0. The molecule has 1 rings (SSSR count). The van der Waals surface area contributed by atoms with Crippen LogP contribution in [0.1, 0.15) is 31.9 Å². The summed E-state index contributed by atoms with van der Waals surface area (Å²) < 4.78 is 44.1. The molecule has 140 valence electrons. The molecule has 7 heteroatoms. The number of rotatable bonds is 4. The number of nitrogens with zero attached hydrogens (tertiary/aromatic N) is 2. The molecular formula is C19H21F3N2O2. The van der Waals surface area contributed by atoms with Crippen molar-refractivity contribution in [1.82, 2.24) is 4.90 Å². The Labute approximate surface area is 151 Å². The molecule has 0 saturated carbocycles. The van der Waals surface area contributed by atoms with Crippen LogP contribution in [0.15, 0.2) is 42.1 Å². The Morgan fingerprint density at radius 2 is 1.85 bits per heavy atom. The van der Waals surface area contributed by atoms with Gasteiger partial charge in [-0.05, 0) is 50.1 Å². The number of allylic oxidation sites excluding steroid dienone is 2. The number of ether oxygens (including phenoxy) is 1. The van der Waals surface area contributed by atoms with E-state index in [1.54, 1.807) is 45.8 Å². The third-order valence-electron chi connectivity index (χ3n) is 2.96. The highest BCUT2D eigenvalue weighted by atomic mass is 19.4. The molecule has 0 amide bonds. The van der Waals surface area contributed by atoms with Gasteiger partial charge in [-0.25, -0.2) is 4.79 Å². The first kappa shape index (κ1) is 21.3. The van der Waals surface area contributed by atoms with Gasteiger partial charge in [-0.3, -0.25) is 0 Å². The predicted molar refractivity (Wildman–Crippen MR) is 92.6 cm³/mol. The van der Waals surface area contributed by atoms with Crippen molar-refractivity contribution in [3.63, 3.8) is 0 Å². The summed E-state index contributed by atoms with van der Waals surface area (Å²) in [6.45, 7) is 4.97. The minimum atomic E-state index is -4.49. The lowest BCUT2D eigenvalue weighted by molar-refractivity contribution is -0.149. The summed E-state index contributed by atoms with van der Waals surface area (Å²) in [6.07, 6.45) is -1.74. The van der Waals surface area contributed by atoms with Gasteiger partial charge in [-0.15, -0.1) is 0 Å². The van der Waals surface area contributed by atoms with E-state index in [2.05, 4.69) is 0 Å². The van der Waals surface area contributed by atoms with E-state index >= 15 is 0 Å². The first-order valence-electron chi connectivity index (χ1n) is 7.74. The molecule has 0 aliphatic carbocycles. The van der Waals surface area contributed by atoms with E-state index < -0.39 is 23.3 Å². The zero-order valence-electron chi connectivity index (χ0n) is 15.3. The monoisotopic (exact) mass is 366 g/mol. The van der Waals surface area contributed by atoms with E-state index in [0.29, 0.717) is 0 Å². The van der Waals surface area contributed by atoms with Gasteiger partial charge >= 0.3 is 12.1 Å². The molecule has 0 heterocycles. The lowest BCUT2D eigenvalue weighted by Crippen LogP contribution is -2.24. The molecule has 4 nitrogen and oxygen atoms in total. The predicted octanol–water partition coefficient (Wildman–Crippen LogP) is 4.40. The van der Waals surface area contributed by atoms with Crippen LogP contribution in [0, 0.1) is 11.3 Å². The molecule has 0 spiro atoms. The molecule has 1 aromatic carbocycles. The van der Waals surface area contributed by atoms with Gasteiger partial charge in [-0.2, -0.15) is 18.4 Å². The molecule has 0 atom stereocenters. The Morgan fingerprint density at radius 1 is 1.23 bits per heavy atom. The first-order valence-corrected chi connectivity index (χ1v) is 7.74. The van der Waals surface area contributed by atoms with Crippen molar-refractivity contribution in [2.45, 2.75) is 32.5 Å². The van der Waals surface area contributed by atoms with Gasteiger partial charge in [-0.1, -0.05) is 12.1 Å². The number of alkyl halides is 3. The number of nitriles is 1. The van der Waals surface area contributed by atoms with Crippen LogP contribution < -0.4 is 0 Å². The van der Waals surface area contributed by atoms with Crippen molar-refractivity contribution in [1.29, 1.82) is 5.26 Å². The van der Waals surface area contributed by atoms with Crippen molar-refractivity contribution < 1.29 is 22.7 Å². The largest absolute Gasteiger partial charge is 0.456 e. The molecule has 0 N–H and O–H groups in total. The van der Waals surface area contributed by atoms with E-state index in [1.807, 2.05) is 0 Å². The second-order valence-corrected chi connectivity index (χ2v) is 6.80. The Bertz CT molecular complexity index is 764. The van der Waals surface area contributed by atoms with E-state index in [0.717, 1.165) is 12.1 Å². The van der Waals surface area contributed by atoms with Gasteiger partial charge < -0.3 is 9.64 Å². The Kier molecular flexibility index (Phi) is 6.62. The zero-order chi connectivity index (χ0) is 20.1. The van der Waals surface area contributed by atoms with Crippen LogP contribution in [-0.2, 0) is 15.7 Å². The number of halogens is 3. The fraction of sp³-hybridized carbons (Fsp3) is 0.368. The molecule has 0 radical (unpaired) electrons. The van der Waals surface area contributed by atoms with Crippen LogP contribution in [0.5, 0.6) is 0 Å². The second-order valence-electron chi connectivity index (χ2n) is 6.80. The molecule has 0 bridgehead atoms. The summed E-state index contributed by atoms with van der Waals surface area (Å²) >= 11 is 0. The van der Waals surface area contributed by atoms with Gasteiger partial charge in [0.15, 0.2) is 0 Å². The van der Waals surface area contributed by atoms with Crippen molar-refractivity contribution >= 4 is 11.5 Å². The van der Waals surface area contributed by atoms with Crippen molar-refractivity contribution in [2.24, 2.45) is 0 Å². The summed E-state index contributed by atoms with van der Waals surface area (Å²) in [6, 6.07) is 6.42. The van der Waals surface area contributed by atoms with E-state index in [1.165, 1.54) is 24.4 Å². The third kappa shape index (κ3) is 6.63. The number of benzene rings is 1. The topological polar surface area (TPSA) is 53.3 Å². The highest BCUT2D eigenvalue weighted by molar-refractivity contribution is 5.96. The Morgan fingerprint density at radius 3 is 2.31 bits per heavy atom. The van der Waals surface area contributed by atoms with Gasteiger partial charge in [0.25, 0.3) is 0 Å². The minimum absolute atomic E-state index is 0.227. The minimum Gasteiger partial charge on any atom is -0.456 e. The third-order valence-corrected chi connectivity index (χ3v) is 2.96. The zero-order valence-corrected chi connectivity index (χ0v) is 15.3. The lowest BCUT2D eigenvalue weighted by Gasteiger charge is -2.19. The number of esters is 1. The van der Waals surface area contributed by atoms with Crippen molar-refractivity contribution in [3.8, 4) is 6.07 Å². The summed E-state index contributed by atoms with van der Waals surface area (Å²) in [5.41, 5.74) is -1.41. The highest BCUT2D eigenvalue weighted by Crippen LogP contribution is 2.31. The molecule has 0 aliphatic rings. The average molecular weight is 366 g/mol. The molecule has 0 saturated heterocycles. The molecule has 0 fully saturated rings. The number of hydrogen-bond acceptors (Lipinski definition) is 4. The number of carbonyl (C=O) groups excluding carboxylic acids is 1. The van der Waals surface area contributed by atoms with Crippen LogP contribution in [-0.4, -0.2) is 30.6 Å². The molecule has 0 aromatic heterocycles. The van der Waals surface area contributed by atoms with Crippen LogP contribution in [0.4, 0.5) is 13.2 Å². The van der Waals surface area contributed by atoms with Crippen LogP contribution in [0.3, 0.4) is 0 Å². The summed E-state index contributed by atoms with van der Waals surface area (Å²) in [4.78, 5) is 13.7. The molecular weight excluding hydrogens is 345 g/mol. The molecule has 0 aliphatic heterocycles. The van der Waals surface area contributed by atoms with Crippen LogP contribution in [0.25, 0.3) is 5.57 Å². The van der Waals surface area contributed by atoms with Gasteiger partial charge in [0.05, 0.1) is 5.56 Å². The maximum atomic E-state index is 13.0. The molecule has 0 unspecified atom stereocenters. The summed E-state index contributed by atoms with van der Waals surface area (Å²) in [5.74, 6) is -0.836. The maximum Gasteiger partial charge on any atom is 0.416 e. The fourth-order valence-corrected chi connectivity index (χ4v) is 1.97. The van der Waals surface area contributed by atoms with Gasteiger partial charge in [0.2, 0.25) is 0 Å². The SMILES string of the molecule is CN(C)/C=C(\C=C(\C#N)C(=O)OC(C)(C)C)c1cccc(C(F)(F)F)c1. The highest BCUT2D eigenvalue weighted by Gasteiger charge is 2.30. The first-order chi connectivity index (χ1) is 11.8. The number of hydrogen-bond donors (Lipinski definition) is 0. The Hall–Kier alpha value is -2.75. The summed E-state index contributed by atoms with van der Waals surface area (Å²) in [7, 11) is 3.36. The van der Waals surface area contributed by atoms with E-state index in [9.17, 15) is 23.2 Å². The van der Waals surface area contributed by atoms with E-state index in [-0.39, 0.29) is 16.7 Å². The van der Waals surface area contributed by atoms with Crippen molar-refractivity contribution in [2.75, 3.05) is 14.1 Å². The quantitative estimate of drug-likeness (QED) is 0.343. The smallest absolute Gasteiger partial charge is 0.416 e. The normalized spacial score (nSPS) is 13.2. The van der Waals surface area contributed by atoms with E-state index in [4.69, 9.17) is 4.74 Å². The second kappa shape index (κ2) is 8.09. The summed E-state index contributed by atoms with van der Waals surface area (Å²) in [5, 5.41) is 9.27. The Balaban J connectivity index is 3.40. The molecule has 26 heavy (non-hydrogen) atoms. The van der Waals surface area contributed by atoms with Crippen molar-refractivity contribution in [3.05, 3.63) is 53.2 Å². The molecule has 1 aromatic rings. The van der Waals surface area contributed by atoms with Crippen LogP contribution >= 0.6 is 0 Å². The standard InChI is InChI=1S/C19H21F3N2O2/c1-18(2,3)26-17(25)14(11-23)9-15(12-24(4)5)13-7-6-8-16(10-13)19(20,21)22/h6-10,12H,1-5H3/b14-9-,15-12+. The fourth-order valence-electron chi connectivity index (χ4n) is 1.97. The number of carbonyl (C=O) groups is 1. The van der Waals surface area contributed by atoms with Gasteiger partial charge in [0, 0.05) is 20.3 Å².